The number of nitrogens with zero attached hydrogens (tertiary/aromatic N) is 4. The molecule has 2 aromatic heterocycles. The molecule has 1 amide bonds. The quantitative estimate of drug-likeness (QED) is 0.776. The highest BCUT2D eigenvalue weighted by atomic mass is 16.5. The number of nitrogens with one attached hydrogen (secondary N) is 1. The van der Waals surface area contributed by atoms with Crippen LogP contribution in [0.2, 0.25) is 0 Å². The molecule has 0 fully saturated rings. The van der Waals surface area contributed by atoms with E-state index in [2.05, 4.69) is 20.6 Å². The third kappa shape index (κ3) is 3.05. The number of aromatic nitrogens is 4. The lowest BCUT2D eigenvalue weighted by Gasteiger charge is -2.03. The van der Waals surface area contributed by atoms with Gasteiger partial charge in [0.05, 0.1) is 7.11 Å². The second kappa shape index (κ2) is 6.30. The molecule has 0 aliphatic carbocycles. The molecule has 0 aliphatic rings. The van der Waals surface area contributed by atoms with E-state index < -0.39 is 0 Å². The van der Waals surface area contributed by atoms with E-state index in [0.717, 1.165) is 0 Å². The fourth-order valence-electron chi connectivity index (χ4n) is 2.09. The maximum absolute atomic E-state index is 12.2. The van der Waals surface area contributed by atoms with E-state index in [1.165, 1.54) is 0 Å². The number of amides is 1. The van der Waals surface area contributed by atoms with Crippen molar-refractivity contribution in [2.75, 3.05) is 12.4 Å². The molecule has 118 valence electrons. The minimum Gasteiger partial charge on any atom is -0.497 e. The molecule has 0 saturated carbocycles. The van der Waals surface area contributed by atoms with Gasteiger partial charge >= 0.3 is 6.01 Å². The molecule has 0 radical (unpaired) electrons. The van der Waals surface area contributed by atoms with Crippen molar-refractivity contribution in [3.8, 4) is 17.2 Å². The Bertz CT molecular complexity index is 824. The molecule has 0 unspecified atom stereocenters. The van der Waals surface area contributed by atoms with Crippen LogP contribution >= 0.6 is 0 Å². The van der Waals surface area contributed by atoms with E-state index in [9.17, 15) is 4.79 Å². The van der Waals surface area contributed by atoms with Crippen molar-refractivity contribution in [3.05, 3.63) is 42.2 Å². The van der Waals surface area contributed by atoms with E-state index in [1.807, 2.05) is 25.1 Å². The first-order valence-electron chi connectivity index (χ1n) is 7.02. The van der Waals surface area contributed by atoms with Crippen molar-refractivity contribution in [2.45, 2.75) is 13.5 Å². The maximum Gasteiger partial charge on any atom is 0.322 e. The van der Waals surface area contributed by atoms with Gasteiger partial charge in [-0.3, -0.25) is 14.8 Å². The molecule has 8 nitrogen and oxygen atoms in total. The first-order chi connectivity index (χ1) is 11.2. The van der Waals surface area contributed by atoms with Crippen LogP contribution in [0.1, 0.15) is 17.4 Å². The van der Waals surface area contributed by atoms with Crippen LogP contribution < -0.4 is 10.1 Å². The van der Waals surface area contributed by atoms with Gasteiger partial charge in [0, 0.05) is 18.3 Å². The number of carbonyl (C=O) groups excluding carboxylic acids is 1. The van der Waals surface area contributed by atoms with Gasteiger partial charge < -0.3 is 9.15 Å². The summed E-state index contributed by atoms with van der Waals surface area (Å²) in [5.74, 6) is 0.617. The predicted molar refractivity (Wildman–Crippen MR) is 82.1 cm³/mol. The lowest BCUT2D eigenvalue weighted by Crippen LogP contribution is -2.17. The van der Waals surface area contributed by atoms with E-state index in [4.69, 9.17) is 9.15 Å². The second-order valence-electron chi connectivity index (χ2n) is 4.63. The Morgan fingerprint density at radius 2 is 2.22 bits per heavy atom. The third-order valence-corrected chi connectivity index (χ3v) is 3.21. The smallest absolute Gasteiger partial charge is 0.322 e. The summed E-state index contributed by atoms with van der Waals surface area (Å²) in [5, 5.41) is 14.4. The van der Waals surface area contributed by atoms with Crippen molar-refractivity contribution in [2.24, 2.45) is 0 Å². The highest BCUT2D eigenvalue weighted by Crippen LogP contribution is 2.23. The molecule has 1 N–H and O–H groups in total. The second-order valence-corrected chi connectivity index (χ2v) is 4.63. The Labute approximate surface area is 132 Å². The minimum absolute atomic E-state index is 0.0247. The summed E-state index contributed by atoms with van der Waals surface area (Å²) in [6.07, 6.45) is 1.56. The predicted octanol–water partition coefficient (Wildman–Crippen LogP) is 2.21. The summed E-state index contributed by atoms with van der Waals surface area (Å²) in [6, 6.07) is 8.86. The van der Waals surface area contributed by atoms with Crippen LogP contribution in [0.3, 0.4) is 0 Å². The van der Waals surface area contributed by atoms with Gasteiger partial charge in [-0.05, 0) is 31.2 Å². The Balaban J connectivity index is 1.78. The largest absolute Gasteiger partial charge is 0.497 e. The summed E-state index contributed by atoms with van der Waals surface area (Å²) in [6.45, 7) is 2.49. The third-order valence-electron chi connectivity index (χ3n) is 3.21. The van der Waals surface area contributed by atoms with Gasteiger partial charge in [-0.2, -0.15) is 5.10 Å². The molecule has 3 rings (SSSR count). The zero-order chi connectivity index (χ0) is 16.2. The van der Waals surface area contributed by atoms with Crippen molar-refractivity contribution in [1.29, 1.82) is 0 Å². The monoisotopic (exact) mass is 313 g/mol. The van der Waals surface area contributed by atoms with E-state index in [0.29, 0.717) is 29.4 Å². The van der Waals surface area contributed by atoms with Gasteiger partial charge in [-0.25, -0.2) is 0 Å². The lowest BCUT2D eigenvalue weighted by molar-refractivity contribution is 0.101. The van der Waals surface area contributed by atoms with E-state index >= 15 is 0 Å². The number of hydrogen-bond acceptors (Lipinski definition) is 6. The molecule has 2 heterocycles. The Morgan fingerprint density at radius 1 is 1.35 bits per heavy atom. The Hall–Kier alpha value is -3.16. The van der Waals surface area contributed by atoms with Crippen LogP contribution in [0.4, 0.5) is 6.01 Å². The summed E-state index contributed by atoms with van der Waals surface area (Å²) in [4.78, 5) is 12.2. The van der Waals surface area contributed by atoms with Gasteiger partial charge in [0.15, 0.2) is 0 Å². The van der Waals surface area contributed by atoms with Crippen LogP contribution in [0, 0.1) is 0 Å². The minimum atomic E-state index is -0.356. The number of hydrogen-bond donors (Lipinski definition) is 1. The van der Waals surface area contributed by atoms with Crippen molar-refractivity contribution >= 4 is 11.9 Å². The molecule has 0 aliphatic heterocycles. The van der Waals surface area contributed by atoms with Crippen LogP contribution in [-0.4, -0.2) is 33.0 Å². The lowest BCUT2D eigenvalue weighted by atomic mass is 10.2. The standard InChI is InChI=1S/C15H15N5O3/c1-3-20-12(7-8-16-20)13(21)17-15-19-18-14(23-15)10-5-4-6-11(9-10)22-2/h4-9H,3H2,1-2H3,(H,17,19,21). The number of rotatable bonds is 5. The molecular formula is C15H15N5O3. The van der Waals surface area contributed by atoms with Gasteiger partial charge in [0.25, 0.3) is 5.91 Å². The fraction of sp³-hybridized carbons (Fsp3) is 0.200. The van der Waals surface area contributed by atoms with Crippen molar-refractivity contribution in [1.82, 2.24) is 20.0 Å². The number of benzene rings is 1. The van der Waals surface area contributed by atoms with Gasteiger partial charge in [0.1, 0.15) is 11.4 Å². The average molecular weight is 313 g/mol. The molecule has 3 aromatic rings. The molecule has 8 heteroatoms. The summed E-state index contributed by atoms with van der Waals surface area (Å²) < 4.78 is 12.2. The van der Waals surface area contributed by atoms with Gasteiger partial charge in [-0.1, -0.05) is 11.2 Å². The average Bonchev–Trinajstić information content (AvgIpc) is 3.23. The molecule has 0 atom stereocenters. The summed E-state index contributed by atoms with van der Waals surface area (Å²) in [5.41, 5.74) is 1.13. The fourth-order valence-corrected chi connectivity index (χ4v) is 2.09. The maximum atomic E-state index is 12.2. The van der Waals surface area contributed by atoms with Crippen LogP contribution in [0.25, 0.3) is 11.5 Å². The normalized spacial score (nSPS) is 10.5. The first-order valence-corrected chi connectivity index (χ1v) is 7.02. The molecule has 0 spiro atoms. The Kier molecular flexibility index (Phi) is 4.05. The highest BCUT2D eigenvalue weighted by molar-refractivity contribution is 6.01. The Morgan fingerprint density at radius 3 is 3.00 bits per heavy atom. The van der Waals surface area contributed by atoms with E-state index in [-0.39, 0.29) is 11.9 Å². The molecular weight excluding hydrogens is 298 g/mol. The summed E-state index contributed by atoms with van der Waals surface area (Å²) in [7, 11) is 1.58. The number of aryl methyl sites for hydroxylation is 1. The molecule has 1 aromatic carbocycles. The number of carbonyl (C=O) groups is 1. The summed E-state index contributed by atoms with van der Waals surface area (Å²) >= 11 is 0. The van der Waals surface area contributed by atoms with Crippen molar-refractivity contribution in [3.63, 3.8) is 0 Å². The van der Waals surface area contributed by atoms with E-state index in [1.54, 1.807) is 30.1 Å². The van der Waals surface area contributed by atoms with Gasteiger partial charge in [0.2, 0.25) is 5.89 Å². The first kappa shape index (κ1) is 14.8. The highest BCUT2D eigenvalue weighted by Gasteiger charge is 2.15. The number of methoxy groups -OCH3 is 1. The van der Waals surface area contributed by atoms with Crippen LogP contribution in [0.15, 0.2) is 40.9 Å². The molecule has 0 saturated heterocycles. The van der Waals surface area contributed by atoms with Crippen molar-refractivity contribution < 1.29 is 13.9 Å². The zero-order valence-corrected chi connectivity index (χ0v) is 12.7. The zero-order valence-electron chi connectivity index (χ0n) is 12.7. The van der Waals surface area contributed by atoms with Crippen LogP contribution in [0.5, 0.6) is 5.75 Å². The number of anilines is 1. The topological polar surface area (TPSA) is 95.1 Å². The SMILES string of the molecule is CCn1nccc1C(=O)Nc1nnc(-c2cccc(OC)c2)o1. The number of ether oxygens (including phenoxy) is 1. The van der Waals surface area contributed by atoms with Gasteiger partial charge in [-0.15, -0.1) is 5.10 Å². The van der Waals surface area contributed by atoms with Crippen LogP contribution in [-0.2, 0) is 6.54 Å². The molecule has 23 heavy (non-hydrogen) atoms. The molecule has 0 bridgehead atoms.